The predicted molar refractivity (Wildman–Crippen MR) is 121 cm³/mol. The molecule has 0 saturated heterocycles. The van der Waals surface area contributed by atoms with Gasteiger partial charge >= 0.3 is 0 Å². The van der Waals surface area contributed by atoms with E-state index in [2.05, 4.69) is 22.4 Å². The summed E-state index contributed by atoms with van der Waals surface area (Å²) >= 11 is 0. The van der Waals surface area contributed by atoms with Crippen LogP contribution in [0.1, 0.15) is 75.0 Å². The lowest BCUT2D eigenvalue weighted by Gasteiger charge is -2.23. The van der Waals surface area contributed by atoms with E-state index in [-0.39, 0.29) is 11.6 Å². The van der Waals surface area contributed by atoms with Crippen molar-refractivity contribution in [3.05, 3.63) is 64.1 Å². The van der Waals surface area contributed by atoms with Crippen molar-refractivity contribution in [1.82, 2.24) is 14.5 Å². The van der Waals surface area contributed by atoms with E-state index in [0.29, 0.717) is 18.4 Å². The second-order valence-corrected chi connectivity index (χ2v) is 8.90. The SMILES string of the molecule is O=c1c(Cc2ccccc2)cc2cnc(NC3CCCCC3)nc2n1C1CCCC1. The van der Waals surface area contributed by atoms with Crippen LogP contribution in [0.4, 0.5) is 5.95 Å². The first-order valence-corrected chi connectivity index (χ1v) is 11.5. The summed E-state index contributed by atoms with van der Waals surface area (Å²) in [5, 5.41) is 4.49. The summed E-state index contributed by atoms with van der Waals surface area (Å²) in [7, 11) is 0. The fourth-order valence-electron chi connectivity index (χ4n) is 5.12. The Balaban J connectivity index is 1.56. The van der Waals surface area contributed by atoms with Gasteiger partial charge in [-0.2, -0.15) is 4.98 Å². The predicted octanol–water partition coefficient (Wildman–Crippen LogP) is 5.24. The molecule has 0 radical (unpaired) electrons. The maximum Gasteiger partial charge on any atom is 0.256 e. The molecule has 1 N–H and O–H groups in total. The number of hydrogen-bond acceptors (Lipinski definition) is 4. The van der Waals surface area contributed by atoms with Gasteiger partial charge in [-0.05, 0) is 37.3 Å². The summed E-state index contributed by atoms with van der Waals surface area (Å²) in [5.74, 6) is 0.663. The first-order valence-electron chi connectivity index (χ1n) is 11.5. The molecule has 5 rings (SSSR count). The quantitative estimate of drug-likeness (QED) is 0.634. The molecule has 0 amide bonds. The normalized spacial score (nSPS) is 18.1. The van der Waals surface area contributed by atoms with Gasteiger partial charge in [0.15, 0.2) is 0 Å². The Hall–Kier alpha value is -2.69. The minimum absolute atomic E-state index is 0.112. The monoisotopic (exact) mass is 402 g/mol. The van der Waals surface area contributed by atoms with Gasteiger partial charge in [-0.3, -0.25) is 9.36 Å². The third kappa shape index (κ3) is 3.98. The number of rotatable bonds is 5. The average Bonchev–Trinajstić information content (AvgIpc) is 3.30. The van der Waals surface area contributed by atoms with Crippen LogP contribution in [0.2, 0.25) is 0 Å². The second kappa shape index (κ2) is 8.58. The zero-order valence-corrected chi connectivity index (χ0v) is 17.5. The number of nitrogens with one attached hydrogen (secondary N) is 1. The Morgan fingerprint density at radius 2 is 1.70 bits per heavy atom. The van der Waals surface area contributed by atoms with Gasteiger partial charge in [0, 0.05) is 35.7 Å². The van der Waals surface area contributed by atoms with E-state index >= 15 is 0 Å². The summed E-state index contributed by atoms with van der Waals surface area (Å²) in [5.41, 5.74) is 2.89. The standard InChI is InChI=1S/C25H30N4O/c30-24-19(15-18-9-3-1-4-10-18)16-20-17-26-25(27-21-11-5-2-6-12-21)28-23(20)29(24)22-13-7-8-14-22/h1,3-4,9-10,16-17,21-22H,2,5-8,11-15H2,(H,26,27,28). The largest absolute Gasteiger partial charge is 0.351 e. The number of hydrogen-bond donors (Lipinski definition) is 1. The number of anilines is 1. The van der Waals surface area contributed by atoms with Crippen LogP contribution in [0.15, 0.2) is 47.4 Å². The lowest BCUT2D eigenvalue weighted by molar-refractivity contribution is 0.460. The van der Waals surface area contributed by atoms with Gasteiger partial charge in [0.2, 0.25) is 5.95 Å². The molecule has 3 aromatic rings. The van der Waals surface area contributed by atoms with Crippen LogP contribution in [0.3, 0.4) is 0 Å². The highest BCUT2D eigenvalue weighted by atomic mass is 16.1. The maximum atomic E-state index is 13.6. The van der Waals surface area contributed by atoms with Crippen molar-refractivity contribution < 1.29 is 0 Å². The summed E-state index contributed by atoms with van der Waals surface area (Å²) in [6.45, 7) is 0. The van der Waals surface area contributed by atoms with Gasteiger partial charge in [-0.25, -0.2) is 4.98 Å². The molecule has 30 heavy (non-hydrogen) atoms. The highest BCUT2D eigenvalue weighted by Gasteiger charge is 2.23. The van der Waals surface area contributed by atoms with E-state index in [4.69, 9.17) is 4.98 Å². The van der Waals surface area contributed by atoms with Gasteiger partial charge in [-0.1, -0.05) is 62.4 Å². The molecule has 0 atom stereocenters. The maximum absolute atomic E-state index is 13.6. The Morgan fingerprint density at radius 1 is 0.967 bits per heavy atom. The van der Waals surface area contributed by atoms with E-state index in [9.17, 15) is 4.79 Å². The summed E-state index contributed by atoms with van der Waals surface area (Å²) in [6.07, 6.45) is 13.2. The molecule has 2 heterocycles. The zero-order valence-electron chi connectivity index (χ0n) is 17.5. The molecule has 2 aliphatic carbocycles. The number of fused-ring (bicyclic) bond motifs is 1. The zero-order chi connectivity index (χ0) is 20.3. The van der Waals surface area contributed by atoms with Crippen molar-refractivity contribution >= 4 is 17.0 Å². The fourth-order valence-corrected chi connectivity index (χ4v) is 5.12. The van der Waals surface area contributed by atoms with Crippen LogP contribution in [0, 0.1) is 0 Å². The van der Waals surface area contributed by atoms with Crippen LogP contribution in [-0.4, -0.2) is 20.6 Å². The molecule has 2 aliphatic rings. The molecule has 2 aromatic heterocycles. The molecule has 2 saturated carbocycles. The third-order valence-corrected chi connectivity index (χ3v) is 6.71. The lowest BCUT2D eigenvalue weighted by Crippen LogP contribution is -2.28. The fraction of sp³-hybridized carbons (Fsp3) is 0.480. The molecule has 0 aliphatic heterocycles. The molecule has 0 unspecified atom stereocenters. The molecule has 156 valence electrons. The summed E-state index contributed by atoms with van der Waals surface area (Å²) < 4.78 is 1.98. The Bertz CT molecular complexity index is 1060. The van der Waals surface area contributed by atoms with E-state index < -0.39 is 0 Å². The molecule has 5 nitrogen and oxygen atoms in total. The highest BCUT2D eigenvalue weighted by molar-refractivity contribution is 5.76. The van der Waals surface area contributed by atoms with Crippen molar-refractivity contribution in [1.29, 1.82) is 0 Å². The summed E-state index contributed by atoms with van der Waals surface area (Å²) in [6, 6.07) is 12.9. The van der Waals surface area contributed by atoms with E-state index in [1.165, 1.54) is 44.9 Å². The van der Waals surface area contributed by atoms with E-state index in [1.54, 1.807) is 0 Å². The van der Waals surface area contributed by atoms with Gasteiger partial charge < -0.3 is 5.32 Å². The average molecular weight is 403 g/mol. The third-order valence-electron chi connectivity index (χ3n) is 6.71. The van der Waals surface area contributed by atoms with Gasteiger partial charge in [-0.15, -0.1) is 0 Å². The lowest BCUT2D eigenvalue weighted by atomic mass is 9.96. The van der Waals surface area contributed by atoms with E-state index in [1.807, 2.05) is 35.0 Å². The van der Waals surface area contributed by atoms with Gasteiger partial charge in [0.25, 0.3) is 5.56 Å². The van der Waals surface area contributed by atoms with Crippen LogP contribution < -0.4 is 10.9 Å². The van der Waals surface area contributed by atoms with Crippen LogP contribution in [0.25, 0.3) is 11.0 Å². The van der Waals surface area contributed by atoms with Crippen molar-refractivity contribution in [2.24, 2.45) is 0 Å². The minimum atomic E-state index is 0.112. The molecular weight excluding hydrogens is 372 g/mol. The Kier molecular flexibility index (Phi) is 5.52. The van der Waals surface area contributed by atoms with Crippen molar-refractivity contribution in [2.75, 3.05) is 5.32 Å². The Morgan fingerprint density at radius 3 is 2.47 bits per heavy atom. The molecule has 1 aromatic carbocycles. The first-order chi connectivity index (χ1) is 14.8. The number of pyridine rings is 1. The molecule has 2 fully saturated rings. The second-order valence-electron chi connectivity index (χ2n) is 8.90. The van der Waals surface area contributed by atoms with Gasteiger partial charge in [0.05, 0.1) is 0 Å². The molecule has 5 heteroatoms. The summed E-state index contributed by atoms with van der Waals surface area (Å²) in [4.78, 5) is 23.0. The number of aromatic nitrogens is 3. The minimum Gasteiger partial charge on any atom is -0.351 e. The number of nitrogens with zero attached hydrogens (tertiary/aromatic N) is 3. The first kappa shape index (κ1) is 19.3. The number of benzene rings is 1. The van der Waals surface area contributed by atoms with E-state index in [0.717, 1.165) is 35.0 Å². The van der Waals surface area contributed by atoms with Crippen molar-refractivity contribution in [2.45, 2.75) is 76.3 Å². The molecular formula is C25H30N4O. The smallest absolute Gasteiger partial charge is 0.256 e. The van der Waals surface area contributed by atoms with Crippen LogP contribution in [0.5, 0.6) is 0 Å². The Labute approximate surface area is 177 Å². The van der Waals surface area contributed by atoms with Gasteiger partial charge in [0.1, 0.15) is 5.65 Å². The topological polar surface area (TPSA) is 59.8 Å². The highest BCUT2D eigenvalue weighted by Crippen LogP contribution is 2.31. The molecule has 0 bridgehead atoms. The molecule has 0 spiro atoms. The van der Waals surface area contributed by atoms with Crippen molar-refractivity contribution in [3.63, 3.8) is 0 Å². The van der Waals surface area contributed by atoms with Crippen molar-refractivity contribution in [3.8, 4) is 0 Å². The van der Waals surface area contributed by atoms with Crippen LogP contribution in [-0.2, 0) is 6.42 Å². The van der Waals surface area contributed by atoms with Crippen LogP contribution >= 0.6 is 0 Å².